The lowest BCUT2D eigenvalue weighted by atomic mass is 9.48. The molecule has 0 aromatic rings. The Labute approximate surface area is 170 Å². The van der Waals surface area contributed by atoms with Gasteiger partial charge in [0.1, 0.15) is 0 Å². The maximum atomic E-state index is 13.4. The molecule has 0 bridgehead atoms. The van der Waals surface area contributed by atoms with Crippen molar-refractivity contribution in [2.45, 2.75) is 58.8 Å². The van der Waals surface area contributed by atoms with Gasteiger partial charge in [-0.2, -0.15) is 0 Å². The number of ketones is 2. The van der Waals surface area contributed by atoms with Crippen molar-refractivity contribution in [3.05, 3.63) is 23.3 Å². The number of hydrogen-bond donors (Lipinski definition) is 2. The lowest BCUT2D eigenvalue weighted by Crippen LogP contribution is -2.52. The number of rotatable bonds is 4. The quantitative estimate of drug-likeness (QED) is 0.749. The van der Waals surface area contributed by atoms with E-state index in [-0.39, 0.29) is 35.7 Å². The van der Waals surface area contributed by atoms with Crippen molar-refractivity contribution in [2.24, 2.45) is 34.5 Å². The molecule has 0 amide bonds. The number of aliphatic carboxylic acids is 2. The van der Waals surface area contributed by atoms with Gasteiger partial charge in [0.25, 0.3) is 0 Å². The minimum Gasteiger partial charge on any atom is -0.481 e. The van der Waals surface area contributed by atoms with Gasteiger partial charge in [-0.15, -0.1) is 0 Å². The van der Waals surface area contributed by atoms with E-state index in [1.165, 1.54) is 0 Å². The van der Waals surface area contributed by atoms with Crippen LogP contribution in [0.1, 0.15) is 58.8 Å². The summed E-state index contributed by atoms with van der Waals surface area (Å²) in [7, 11) is 0. The zero-order valence-electron chi connectivity index (χ0n) is 16.9. The molecule has 6 heteroatoms. The SMILES string of the molecule is C[C@]12CCC(=O)C=C1C[C@@H](C(=O)O)[C@@H]1C2=CC(=O)[C@]2(C)[C@H](CCC(=O)O)CC[C@@H]12. The number of allylic oxidation sites excluding steroid dienone is 4. The van der Waals surface area contributed by atoms with Gasteiger partial charge in [0, 0.05) is 23.7 Å². The van der Waals surface area contributed by atoms with Crippen molar-refractivity contribution in [1.82, 2.24) is 0 Å². The molecule has 0 heterocycles. The zero-order chi connectivity index (χ0) is 21.1. The third-order valence-electron chi connectivity index (χ3n) is 8.50. The van der Waals surface area contributed by atoms with Crippen LogP contribution in [-0.4, -0.2) is 33.7 Å². The number of carbonyl (C=O) groups excluding carboxylic acids is 2. The number of carboxylic acids is 2. The van der Waals surface area contributed by atoms with Crippen LogP contribution in [0.15, 0.2) is 23.3 Å². The van der Waals surface area contributed by atoms with Crippen LogP contribution in [-0.2, 0) is 19.2 Å². The molecule has 2 fully saturated rings. The van der Waals surface area contributed by atoms with E-state index < -0.39 is 28.7 Å². The van der Waals surface area contributed by atoms with Crippen molar-refractivity contribution >= 4 is 23.5 Å². The van der Waals surface area contributed by atoms with Crippen LogP contribution in [0.5, 0.6) is 0 Å². The predicted molar refractivity (Wildman–Crippen MR) is 104 cm³/mol. The van der Waals surface area contributed by atoms with Gasteiger partial charge in [-0.25, -0.2) is 0 Å². The van der Waals surface area contributed by atoms with E-state index in [1.807, 2.05) is 6.92 Å². The number of carboxylic acid groups (broad SMARTS) is 2. The fraction of sp³-hybridized carbons (Fsp3) is 0.652. The van der Waals surface area contributed by atoms with E-state index in [2.05, 4.69) is 6.92 Å². The van der Waals surface area contributed by atoms with Crippen LogP contribution in [0.3, 0.4) is 0 Å². The van der Waals surface area contributed by atoms with E-state index in [4.69, 9.17) is 5.11 Å². The molecule has 0 radical (unpaired) electrons. The second-order valence-electron chi connectivity index (χ2n) is 9.70. The molecule has 0 saturated heterocycles. The Balaban J connectivity index is 1.80. The molecule has 6 atom stereocenters. The second kappa shape index (κ2) is 6.64. The zero-order valence-corrected chi connectivity index (χ0v) is 16.9. The van der Waals surface area contributed by atoms with Gasteiger partial charge < -0.3 is 10.2 Å². The lowest BCUT2D eigenvalue weighted by molar-refractivity contribution is -0.148. The van der Waals surface area contributed by atoms with Crippen molar-refractivity contribution < 1.29 is 29.4 Å². The van der Waals surface area contributed by atoms with Crippen LogP contribution >= 0.6 is 0 Å². The largest absolute Gasteiger partial charge is 0.481 e. The van der Waals surface area contributed by atoms with Crippen LogP contribution in [0, 0.1) is 34.5 Å². The normalized spacial score (nSPS) is 41.0. The van der Waals surface area contributed by atoms with Crippen molar-refractivity contribution in [2.75, 3.05) is 0 Å². The summed E-state index contributed by atoms with van der Waals surface area (Å²) in [6.45, 7) is 3.97. The summed E-state index contributed by atoms with van der Waals surface area (Å²) in [5, 5.41) is 19.1. The van der Waals surface area contributed by atoms with E-state index >= 15 is 0 Å². The first-order chi connectivity index (χ1) is 13.6. The first-order valence-electron chi connectivity index (χ1n) is 10.5. The Bertz CT molecular complexity index is 867. The standard InChI is InChI=1S/C23H28O6/c1-22-8-7-14(24)9-13(22)10-15(21(28)29)20-16-5-3-12(4-6-19(26)27)23(16,2)18(25)11-17(20)22/h9,11-12,15-16,20H,3-8,10H2,1-2H3,(H,26,27)(H,28,29)/t12-,15+,16-,20-,22-,23+/m0/s1. The molecule has 2 N–H and O–H groups in total. The van der Waals surface area contributed by atoms with E-state index in [9.17, 15) is 24.3 Å². The molecule has 0 aliphatic heterocycles. The number of hydrogen-bond acceptors (Lipinski definition) is 4. The highest BCUT2D eigenvalue weighted by molar-refractivity contribution is 5.99. The summed E-state index contributed by atoms with van der Waals surface area (Å²) >= 11 is 0. The third-order valence-corrected chi connectivity index (χ3v) is 8.50. The van der Waals surface area contributed by atoms with E-state index in [0.717, 1.165) is 24.0 Å². The van der Waals surface area contributed by atoms with Gasteiger partial charge in [-0.3, -0.25) is 19.2 Å². The molecule has 4 rings (SSSR count). The molecule has 0 aromatic carbocycles. The first kappa shape index (κ1) is 20.0. The Morgan fingerprint density at radius 2 is 1.86 bits per heavy atom. The molecule has 6 nitrogen and oxygen atoms in total. The Morgan fingerprint density at radius 3 is 2.52 bits per heavy atom. The Morgan fingerprint density at radius 1 is 1.14 bits per heavy atom. The summed E-state index contributed by atoms with van der Waals surface area (Å²) in [6.07, 6.45) is 6.63. The van der Waals surface area contributed by atoms with Crippen LogP contribution in [0.25, 0.3) is 0 Å². The van der Waals surface area contributed by atoms with Crippen molar-refractivity contribution in [3.8, 4) is 0 Å². The predicted octanol–water partition coefficient (Wildman–Crippen LogP) is 3.41. The molecule has 4 aliphatic rings. The van der Waals surface area contributed by atoms with Crippen molar-refractivity contribution in [3.63, 3.8) is 0 Å². The Kier molecular flexibility index (Phi) is 4.59. The summed E-state index contributed by atoms with van der Waals surface area (Å²) in [5.74, 6) is -2.74. The highest BCUT2D eigenvalue weighted by Gasteiger charge is 2.62. The topological polar surface area (TPSA) is 109 Å². The first-order valence-corrected chi connectivity index (χ1v) is 10.5. The molecule has 156 valence electrons. The molecular weight excluding hydrogens is 372 g/mol. The minimum absolute atomic E-state index is 0.00477. The smallest absolute Gasteiger partial charge is 0.307 e. The second-order valence-corrected chi connectivity index (χ2v) is 9.70. The highest BCUT2D eigenvalue weighted by Crippen LogP contribution is 2.65. The maximum absolute atomic E-state index is 13.4. The van der Waals surface area contributed by atoms with E-state index in [1.54, 1.807) is 12.2 Å². The highest BCUT2D eigenvalue weighted by atomic mass is 16.4. The molecule has 0 aromatic heterocycles. The molecule has 4 aliphatic carbocycles. The molecule has 29 heavy (non-hydrogen) atoms. The third kappa shape index (κ3) is 2.82. The van der Waals surface area contributed by atoms with E-state index in [0.29, 0.717) is 25.7 Å². The summed E-state index contributed by atoms with van der Waals surface area (Å²) in [4.78, 5) is 48.7. The number of carbonyl (C=O) groups is 4. The number of fused-ring (bicyclic) bond motifs is 5. The fourth-order valence-electron chi connectivity index (χ4n) is 6.77. The van der Waals surface area contributed by atoms with Gasteiger partial charge in [0.15, 0.2) is 11.6 Å². The fourth-order valence-corrected chi connectivity index (χ4v) is 6.77. The van der Waals surface area contributed by atoms with Gasteiger partial charge in [-0.05, 0) is 62.0 Å². The molecule has 2 saturated carbocycles. The van der Waals surface area contributed by atoms with Gasteiger partial charge in [-0.1, -0.05) is 25.0 Å². The summed E-state index contributed by atoms with van der Waals surface area (Å²) in [6, 6.07) is 0. The van der Waals surface area contributed by atoms with Crippen LogP contribution < -0.4 is 0 Å². The Hall–Kier alpha value is -2.24. The van der Waals surface area contributed by atoms with Gasteiger partial charge >= 0.3 is 11.9 Å². The summed E-state index contributed by atoms with van der Waals surface area (Å²) in [5.41, 5.74) is 0.599. The molecular formula is C23H28O6. The van der Waals surface area contributed by atoms with Gasteiger partial charge in [0.2, 0.25) is 0 Å². The van der Waals surface area contributed by atoms with Gasteiger partial charge in [0.05, 0.1) is 5.92 Å². The maximum Gasteiger partial charge on any atom is 0.307 e. The molecule has 0 spiro atoms. The van der Waals surface area contributed by atoms with Crippen molar-refractivity contribution in [1.29, 1.82) is 0 Å². The van der Waals surface area contributed by atoms with Crippen LogP contribution in [0.2, 0.25) is 0 Å². The minimum atomic E-state index is -0.882. The lowest BCUT2D eigenvalue weighted by Gasteiger charge is -2.54. The average Bonchev–Trinajstić information content (AvgIpc) is 2.99. The monoisotopic (exact) mass is 400 g/mol. The van der Waals surface area contributed by atoms with Crippen LogP contribution in [0.4, 0.5) is 0 Å². The summed E-state index contributed by atoms with van der Waals surface area (Å²) < 4.78 is 0. The molecule has 0 unspecified atom stereocenters. The average molecular weight is 400 g/mol.